The van der Waals surface area contributed by atoms with E-state index in [9.17, 15) is 9.59 Å². The lowest BCUT2D eigenvalue weighted by Crippen LogP contribution is -2.39. The fourth-order valence-corrected chi connectivity index (χ4v) is 3.80. The molecule has 1 saturated heterocycles. The van der Waals surface area contributed by atoms with Gasteiger partial charge in [-0.3, -0.25) is 24.1 Å². The molecule has 2 amide bonds. The summed E-state index contributed by atoms with van der Waals surface area (Å²) in [6, 6.07) is 7.34. The number of rotatable bonds is 6. The molecule has 1 atom stereocenters. The molecule has 1 aliphatic rings. The molecule has 2 heterocycles. The van der Waals surface area contributed by atoms with Gasteiger partial charge < -0.3 is 0 Å². The third-order valence-corrected chi connectivity index (χ3v) is 5.65. The average molecular weight is 389 g/mol. The molecule has 27 heavy (non-hydrogen) atoms. The van der Waals surface area contributed by atoms with E-state index >= 15 is 0 Å². The number of likely N-dealkylation sites (tertiary alicyclic amines) is 1. The third-order valence-electron chi connectivity index (χ3n) is 5.29. The minimum absolute atomic E-state index is 0.0952. The van der Waals surface area contributed by atoms with Gasteiger partial charge in [-0.25, -0.2) is 0 Å². The molecule has 1 aliphatic heterocycles. The predicted octanol–water partition coefficient (Wildman–Crippen LogP) is 2.78. The first-order valence-electron chi connectivity index (χ1n) is 9.14. The van der Waals surface area contributed by atoms with Crippen LogP contribution in [0.3, 0.4) is 0 Å². The number of imide groups is 1. The summed E-state index contributed by atoms with van der Waals surface area (Å²) in [6.07, 6.45) is 0.245. The number of likely N-dealkylation sites (N-methyl/N-ethyl adjacent to an activating group) is 2. The Balaban J connectivity index is 1.78. The van der Waals surface area contributed by atoms with Gasteiger partial charge in [0.05, 0.1) is 24.7 Å². The van der Waals surface area contributed by atoms with E-state index < -0.39 is 6.04 Å². The molecule has 0 radical (unpaired) electrons. The van der Waals surface area contributed by atoms with Crippen molar-refractivity contribution in [2.75, 3.05) is 13.6 Å². The van der Waals surface area contributed by atoms with Gasteiger partial charge in [0.15, 0.2) is 0 Å². The minimum Gasteiger partial charge on any atom is -0.290 e. The first-order chi connectivity index (χ1) is 12.8. The second-order valence-electron chi connectivity index (χ2n) is 7.01. The van der Waals surface area contributed by atoms with Gasteiger partial charge in [-0.15, -0.1) is 0 Å². The lowest BCUT2D eigenvalue weighted by atomic mass is 10.1. The average Bonchev–Trinajstić information content (AvgIpc) is 3.06. The monoisotopic (exact) mass is 388 g/mol. The molecule has 6 nitrogen and oxygen atoms in total. The quantitative estimate of drug-likeness (QED) is 0.714. The van der Waals surface area contributed by atoms with Crippen molar-refractivity contribution in [3.8, 4) is 0 Å². The lowest BCUT2D eigenvalue weighted by Gasteiger charge is -2.22. The van der Waals surface area contributed by atoms with Crippen molar-refractivity contribution in [3.05, 3.63) is 51.8 Å². The Morgan fingerprint density at radius 1 is 1.26 bits per heavy atom. The summed E-state index contributed by atoms with van der Waals surface area (Å²) in [5, 5.41) is 5.38. The van der Waals surface area contributed by atoms with Crippen molar-refractivity contribution in [2.24, 2.45) is 0 Å². The topological polar surface area (TPSA) is 58.4 Å². The highest BCUT2D eigenvalue weighted by Gasteiger charge is 2.40. The standard InChI is InChI=1S/C20H25ClN4O2/c1-5-24-19(26)10-18(20(24)27)23(4)12-16-13(2)22-25(14(16)3)11-15-8-6-7-9-17(15)21/h6-9,18H,5,10-12H2,1-4H3. The maximum atomic E-state index is 12.5. The molecule has 1 aromatic carbocycles. The fraction of sp³-hybridized carbons (Fsp3) is 0.450. The number of hydrogen-bond donors (Lipinski definition) is 0. The highest BCUT2D eigenvalue weighted by molar-refractivity contribution is 6.31. The maximum Gasteiger partial charge on any atom is 0.247 e. The van der Waals surface area contributed by atoms with E-state index in [1.54, 1.807) is 0 Å². The number of carbonyl (C=O) groups excluding carboxylic acids is 2. The van der Waals surface area contributed by atoms with E-state index in [0.717, 1.165) is 27.5 Å². The number of aromatic nitrogens is 2. The van der Waals surface area contributed by atoms with Crippen molar-refractivity contribution < 1.29 is 9.59 Å². The van der Waals surface area contributed by atoms with Gasteiger partial charge in [0, 0.05) is 29.4 Å². The van der Waals surface area contributed by atoms with Crippen LogP contribution >= 0.6 is 11.6 Å². The molecule has 0 N–H and O–H groups in total. The van der Waals surface area contributed by atoms with E-state index in [1.807, 2.05) is 61.7 Å². The first-order valence-corrected chi connectivity index (χ1v) is 9.52. The summed E-state index contributed by atoms with van der Waals surface area (Å²) < 4.78 is 1.94. The van der Waals surface area contributed by atoms with Crippen molar-refractivity contribution in [3.63, 3.8) is 0 Å². The van der Waals surface area contributed by atoms with Gasteiger partial charge in [0.1, 0.15) is 0 Å². The molecule has 1 unspecified atom stereocenters. The Labute approximate surface area is 164 Å². The normalized spacial score (nSPS) is 17.4. The fourth-order valence-electron chi connectivity index (χ4n) is 3.61. The van der Waals surface area contributed by atoms with E-state index in [4.69, 9.17) is 11.6 Å². The summed E-state index contributed by atoms with van der Waals surface area (Å²) in [4.78, 5) is 27.8. The molecule has 3 rings (SSSR count). The minimum atomic E-state index is -0.400. The van der Waals surface area contributed by atoms with Crippen LogP contribution in [0.4, 0.5) is 0 Å². The Hall–Kier alpha value is -2.18. The van der Waals surface area contributed by atoms with Crippen molar-refractivity contribution in [1.29, 1.82) is 0 Å². The summed E-state index contributed by atoms with van der Waals surface area (Å²) in [6.45, 7) is 7.42. The van der Waals surface area contributed by atoms with Crippen LogP contribution in [-0.2, 0) is 22.7 Å². The SMILES string of the molecule is CCN1C(=O)CC(N(C)Cc2c(C)nn(Cc3ccccc3Cl)c2C)C1=O. The van der Waals surface area contributed by atoms with Crippen LogP contribution in [0.25, 0.3) is 0 Å². The second kappa shape index (κ2) is 7.82. The van der Waals surface area contributed by atoms with Gasteiger partial charge in [0.25, 0.3) is 0 Å². The smallest absolute Gasteiger partial charge is 0.247 e. The Morgan fingerprint density at radius 3 is 2.59 bits per heavy atom. The van der Waals surface area contributed by atoms with E-state index in [0.29, 0.717) is 19.6 Å². The zero-order chi connectivity index (χ0) is 19.7. The zero-order valence-corrected chi connectivity index (χ0v) is 17.0. The summed E-state index contributed by atoms with van der Waals surface area (Å²) >= 11 is 6.28. The lowest BCUT2D eigenvalue weighted by molar-refractivity contribution is -0.139. The number of nitrogens with zero attached hydrogens (tertiary/aromatic N) is 4. The van der Waals surface area contributed by atoms with Crippen LogP contribution in [0, 0.1) is 13.8 Å². The number of hydrogen-bond acceptors (Lipinski definition) is 4. The van der Waals surface area contributed by atoms with Crippen LogP contribution < -0.4 is 0 Å². The molecule has 1 aromatic heterocycles. The zero-order valence-electron chi connectivity index (χ0n) is 16.2. The van der Waals surface area contributed by atoms with Crippen LogP contribution in [-0.4, -0.2) is 51.0 Å². The van der Waals surface area contributed by atoms with Crippen molar-refractivity contribution in [2.45, 2.75) is 46.3 Å². The Kier molecular flexibility index (Phi) is 5.67. The molecule has 2 aromatic rings. The van der Waals surface area contributed by atoms with E-state index in [1.165, 1.54) is 4.90 Å². The van der Waals surface area contributed by atoms with Gasteiger partial charge in [-0.05, 0) is 39.4 Å². The molecule has 144 valence electrons. The molecule has 0 aliphatic carbocycles. The third kappa shape index (κ3) is 3.77. The van der Waals surface area contributed by atoms with Gasteiger partial charge in [-0.1, -0.05) is 29.8 Å². The van der Waals surface area contributed by atoms with Gasteiger partial charge in [0.2, 0.25) is 11.8 Å². The van der Waals surface area contributed by atoms with Gasteiger partial charge in [-0.2, -0.15) is 5.10 Å². The highest BCUT2D eigenvalue weighted by Crippen LogP contribution is 2.23. The van der Waals surface area contributed by atoms with Crippen LogP contribution in [0.1, 0.15) is 35.9 Å². The second-order valence-corrected chi connectivity index (χ2v) is 7.42. The number of amides is 2. The van der Waals surface area contributed by atoms with Crippen LogP contribution in [0.5, 0.6) is 0 Å². The van der Waals surface area contributed by atoms with Crippen LogP contribution in [0.15, 0.2) is 24.3 Å². The Bertz CT molecular complexity index is 877. The molecule has 7 heteroatoms. The molecular weight excluding hydrogens is 364 g/mol. The van der Waals surface area contributed by atoms with E-state index in [2.05, 4.69) is 5.10 Å². The molecule has 0 saturated carbocycles. The summed E-state index contributed by atoms with van der Waals surface area (Å²) in [5.41, 5.74) is 4.07. The Morgan fingerprint density at radius 2 is 1.96 bits per heavy atom. The molecule has 0 spiro atoms. The predicted molar refractivity (Wildman–Crippen MR) is 105 cm³/mol. The molecular formula is C20H25ClN4O2. The van der Waals surface area contributed by atoms with Crippen LogP contribution in [0.2, 0.25) is 5.02 Å². The highest BCUT2D eigenvalue weighted by atomic mass is 35.5. The van der Waals surface area contributed by atoms with Gasteiger partial charge >= 0.3 is 0 Å². The number of benzene rings is 1. The number of halogens is 1. The maximum absolute atomic E-state index is 12.5. The molecule has 1 fully saturated rings. The first kappa shape index (κ1) is 19.6. The number of carbonyl (C=O) groups is 2. The summed E-state index contributed by atoms with van der Waals surface area (Å²) in [5.74, 6) is -0.203. The molecule has 0 bridgehead atoms. The largest absolute Gasteiger partial charge is 0.290 e. The van der Waals surface area contributed by atoms with Crippen molar-refractivity contribution in [1.82, 2.24) is 19.6 Å². The summed E-state index contributed by atoms with van der Waals surface area (Å²) in [7, 11) is 1.89. The van der Waals surface area contributed by atoms with E-state index in [-0.39, 0.29) is 18.2 Å². The number of aryl methyl sites for hydroxylation is 1. The van der Waals surface area contributed by atoms with Crippen molar-refractivity contribution >= 4 is 23.4 Å².